The zero-order chi connectivity index (χ0) is 29.9. The Morgan fingerprint density at radius 2 is 1.72 bits per heavy atom. The molecule has 2 atom stereocenters. The van der Waals surface area contributed by atoms with Crippen molar-refractivity contribution in [2.45, 2.75) is 38.0 Å². The first-order valence-electron chi connectivity index (χ1n) is 14.6. The van der Waals surface area contributed by atoms with E-state index in [0.717, 1.165) is 35.6 Å². The Labute approximate surface area is 255 Å². The first kappa shape index (κ1) is 28.7. The van der Waals surface area contributed by atoms with Gasteiger partial charge >= 0.3 is 0 Å². The molecule has 3 aromatic rings. The Morgan fingerprint density at radius 1 is 0.977 bits per heavy atom. The lowest BCUT2D eigenvalue weighted by Gasteiger charge is -2.36. The number of piperazine rings is 1. The van der Waals surface area contributed by atoms with E-state index in [-0.39, 0.29) is 24.1 Å². The number of carbonyl (C=O) groups excluding carboxylic acids is 3. The summed E-state index contributed by atoms with van der Waals surface area (Å²) in [6.07, 6.45) is 0.531. The standard InChI is InChI=1S/C33H34N6O3S/c1-3-28(31(41)34-23-11-9-10-22(2)20-23)43-33-36-26-15-8-7-14-25(26)30-35-27(32(42)39(30)33)21-29(40)38-18-16-37(17-19-38)24-12-5-4-6-13-24/h4-15,20,27-28H,3,16-19,21H2,1-2H3,(H,34,41)/t27-,28+/m0/s1. The Balaban J connectivity index is 1.17. The van der Waals surface area contributed by atoms with E-state index in [1.54, 1.807) is 0 Å². The van der Waals surface area contributed by atoms with E-state index in [4.69, 9.17) is 9.98 Å². The van der Waals surface area contributed by atoms with Crippen molar-refractivity contribution in [3.63, 3.8) is 0 Å². The van der Waals surface area contributed by atoms with Crippen molar-refractivity contribution in [3.8, 4) is 0 Å². The molecule has 0 bridgehead atoms. The summed E-state index contributed by atoms with van der Waals surface area (Å²) in [7, 11) is 0. The number of amides is 3. The van der Waals surface area contributed by atoms with E-state index in [0.29, 0.717) is 36.2 Å². The molecule has 220 valence electrons. The summed E-state index contributed by atoms with van der Waals surface area (Å²) in [6.45, 7) is 6.56. The molecule has 10 heteroatoms. The molecule has 3 amide bonds. The fraction of sp³-hybridized carbons (Fsp3) is 0.303. The number of aliphatic imine (C=N–C) groups is 2. The van der Waals surface area contributed by atoms with Crippen LogP contribution in [0.15, 0.2) is 88.8 Å². The third-order valence-corrected chi connectivity index (χ3v) is 9.18. The van der Waals surface area contributed by atoms with E-state index in [1.165, 1.54) is 16.7 Å². The maximum atomic E-state index is 13.8. The number of anilines is 2. The summed E-state index contributed by atoms with van der Waals surface area (Å²) < 4.78 is 0. The summed E-state index contributed by atoms with van der Waals surface area (Å²) in [5, 5.41) is 2.91. The highest BCUT2D eigenvalue weighted by atomic mass is 32.2. The molecule has 3 aliphatic heterocycles. The van der Waals surface area contributed by atoms with Gasteiger partial charge in [-0.3, -0.25) is 19.4 Å². The zero-order valence-corrected chi connectivity index (χ0v) is 25.1. The predicted octanol–water partition coefficient (Wildman–Crippen LogP) is 4.84. The largest absolute Gasteiger partial charge is 0.368 e. The summed E-state index contributed by atoms with van der Waals surface area (Å²) in [6, 6.07) is 24.5. The van der Waals surface area contributed by atoms with Crippen LogP contribution in [0.4, 0.5) is 17.1 Å². The van der Waals surface area contributed by atoms with Gasteiger partial charge in [0.1, 0.15) is 11.9 Å². The van der Waals surface area contributed by atoms with Crippen LogP contribution in [-0.4, -0.2) is 76.0 Å². The minimum absolute atomic E-state index is 0.00463. The lowest BCUT2D eigenvalue weighted by molar-refractivity contribution is -0.135. The molecule has 0 spiro atoms. The van der Waals surface area contributed by atoms with Crippen molar-refractivity contribution >= 4 is 57.5 Å². The number of fused-ring (bicyclic) bond motifs is 3. The van der Waals surface area contributed by atoms with Crippen molar-refractivity contribution < 1.29 is 14.4 Å². The number of para-hydroxylation sites is 2. The van der Waals surface area contributed by atoms with E-state index < -0.39 is 11.3 Å². The molecule has 9 nitrogen and oxygen atoms in total. The van der Waals surface area contributed by atoms with Crippen LogP contribution >= 0.6 is 11.8 Å². The number of thioether (sulfide) groups is 1. The van der Waals surface area contributed by atoms with Gasteiger partial charge in [0.15, 0.2) is 5.17 Å². The first-order chi connectivity index (χ1) is 20.9. The zero-order valence-electron chi connectivity index (χ0n) is 24.3. The number of benzene rings is 3. The van der Waals surface area contributed by atoms with E-state index in [1.807, 2.05) is 85.5 Å². The fourth-order valence-corrected chi connectivity index (χ4v) is 6.58. The van der Waals surface area contributed by atoms with Gasteiger partial charge in [-0.25, -0.2) is 9.89 Å². The SMILES string of the molecule is CC[C@@H](SC1=Nc2ccccc2C2=N[C@@H](CC(=O)N3CCN(c4ccccc4)CC3)C(=O)N12)C(=O)Nc1cccc(C)c1. The summed E-state index contributed by atoms with van der Waals surface area (Å²) >= 11 is 1.25. The second-order valence-corrected chi connectivity index (χ2v) is 12.0. The van der Waals surface area contributed by atoms with Gasteiger partial charge in [0.2, 0.25) is 11.8 Å². The molecule has 3 heterocycles. The second kappa shape index (κ2) is 12.4. The van der Waals surface area contributed by atoms with Crippen LogP contribution in [0.1, 0.15) is 30.9 Å². The van der Waals surface area contributed by atoms with Gasteiger partial charge in [0.05, 0.1) is 17.4 Å². The number of rotatable bonds is 7. The maximum Gasteiger partial charge on any atom is 0.259 e. The number of hydrogen-bond acceptors (Lipinski definition) is 7. The Hall–Kier alpha value is -4.44. The first-order valence-corrected chi connectivity index (χ1v) is 15.5. The average molecular weight is 595 g/mol. The summed E-state index contributed by atoms with van der Waals surface area (Å²) in [5.74, 6) is -0.0514. The van der Waals surface area contributed by atoms with Gasteiger partial charge in [-0.05, 0) is 55.3 Å². The van der Waals surface area contributed by atoms with Crippen LogP contribution < -0.4 is 10.2 Å². The number of nitrogens with one attached hydrogen (secondary N) is 1. The smallest absolute Gasteiger partial charge is 0.259 e. The van der Waals surface area contributed by atoms with Crippen LogP contribution in [0.2, 0.25) is 0 Å². The molecule has 0 radical (unpaired) electrons. The molecule has 0 unspecified atom stereocenters. The lowest BCUT2D eigenvalue weighted by atomic mass is 10.1. The van der Waals surface area contributed by atoms with Gasteiger partial charge in [-0.1, -0.05) is 61.2 Å². The monoisotopic (exact) mass is 594 g/mol. The Morgan fingerprint density at radius 3 is 2.47 bits per heavy atom. The van der Waals surface area contributed by atoms with Crippen molar-refractivity contribution in [1.29, 1.82) is 0 Å². The third kappa shape index (κ3) is 6.06. The van der Waals surface area contributed by atoms with Crippen molar-refractivity contribution in [2.24, 2.45) is 9.98 Å². The van der Waals surface area contributed by atoms with E-state index >= 15 is 0 Å². The lowest BCUT2D eigenvalue weighted by Crippen LogP contribution is -2.50. The molecule has 1 fully saturated rings. The summed E-state index contributed by atoms with van der Waals surface area (Å²) in [5.41, 5.74) is 4.34. The van der Waals surface area contributed by atoms with Crippen LogP contribution in [0, 0.1) is 6.92 Å². The Bertz CT molecular complexity index is 1600. The van der Waals surface area contributed by atoms with Crippen LogP contribution in [0.5, 0.6) is 0 Å². The maximum absolute atomic E-state index is 13.8. The van der Waals surface area contributed by atoms with Crippen molar-refractivity contribution in [2.75, 3.05) is 36.4 Å². The van der Waals surface area contributed by atoms with E-state index in [2.05, 4.69) is 22.3 Å². The highest BCUT2D eigenvalue weighted by Crippen LogP contribution is 2.36. The highest BCUT2D eigenvalue weighted by Gasteiger charge is 2.43. The molecule has 6 rings (SSSR count). The Kier molecular flexibility index (Phi) is 8.29. The molecular weight excluding hydrogens is 560 g/mol. The summed E-state index contributed by atoms with van der Waals surface area (Å²) in [4.78, 5) is 55.6. The fourth-order valence-electron chi connectivity index (χ4n) is 5.56. The van der Waals surface area contributed by atoms with Gasteiger partial charge in [-0.2, -0.15) is 0 Å². The van der Waals surface area contributed by atoms with Gasteiger partial charge < -0.3 is 15.1 Å². The van der Waals surface area contributed by atoms with Crippen molar-refractivity contribution in [1.82, 2.24) is 9.80 Å². The number of amidine groups is 2. The van der Waals surface area contributed by atoms with E-state index in [9.17, 15) is 14.4 Å². The molecule has 0 saturated carbocycles. The second-order valence-electron chi connectivity index (χ2n) is 10.8. The molecule has 1 saturated heterocycles. The molecule has 0 aliphatic carbocycles. The molecule has 3 aliphatic rings. The number of carbonyl (C=O) groups is 3. The quantitative estimate of drug-likeness (QED) is 0.422. The molecule has 43 heavy (non-hydrogen) atoms. The number of nitrogens with zero attached hydrogens (tertiary/aromatic N) is 5. The molecule has 0 aromatic heterocycles. The number of aryl methyl sites for hydroxylation is 1. The topological polar surface area (TPSA) is 97.7 Å². The van der Waals surface area contributed by atoms with Crippen molar-refractivity contribution in [3.05, 3.63) is 90.0 Å². The molecule has 3 aromatic carbocycles. The van der Waals surface area contributed by atoms with Crippen LogP contribution in [0.3, 0.4) is 0 Å². The minimum atomic E-state index is -0.840. The average Bonchev–Trinajstić information content (AvgIpc) is 3.36. The third-order valence-electron chi connectivity index (χ3n) is 7.87. The van der Waals surface area contributed by atoms with Gasteiger partial charge in [0, 0.05) is 43.1 Å². The normalized spacial score (nSPS) is 18.4. The number of hydrogen-bond donors (Lipinski definition) is 1. The highest BCUT2D eigenvalue weighted by molar-refractivity contribution is 8.15. The van der Waals surface area contributed by atoms with Gasteiger partial charge in [-0.15, -0.1) is 0 Å². The van der Waals surface area contributed by atoms with Gasteiger partial charge in [0.25, 0.3) is 5.91 Å². The van der Waals surface area contributed by atoms with Crippen LogP contribution in [-0.2, 0) is 14.4 Å². The molecule has 1 N–H and O–H groups in total. The van der Waals surface area contributed by atoms with Crippen LogP contribution in [0.25, 0.3) is 0 Å². The molecular formula is C33H34N6O3S. The predicted molar refractivity (Wildman–Crippen MR) is 172 cm³/mol. The minimum Gasteiger partial charge on any atom is -0.368 e.